The number of anilines is 2. The summed E-state index contributed by atoms with van der Waals surface area (Å²) < 4.78 is 39.8. The van der Waals surface area contributed by atoms with Crippen LogP contribution in [0.5, 0.6) is 0 Å². The van der Waals surface area contributed by atoms with E-state index in [0.717, 1.165) is 38.3 Å². The zero-order valence-corrected chi connectivity index (χ0v) is 21.7. The molecule has 8 nitrogen and oxygen atoms in total. The number of nitrogens with one attached hydrogen (secondary N) is 1. The van der Waals surface area contributed by atoms with Crippen molar-refractivity contribution in [1.29, 1.82) is 0 Å². The van der Waals surface area contributed by atoms with Gasteiger partial charge in [0.25, 0.3) is 5.69 Å². The fourth-order valence-electron chi connectivity index (χ4n) is 5.21. The second-order valence-electron chi connectivity index (χ2n) is 10.3. The molecule has 38 heavy (non-hydrogen) atoms. The molecule has 11 heteroatoms. The van der Waals surface area contributed by atoms with Gasteiger partial charge in [-0.25, -0.2) is 0 Å². The van der Waals surface area contributed by atoms with Crippen LogP contribution in [0.1, 0.15) is 30.9 Å². The van der Waals surface area contributed by atoms with Crippen molar-refractivity contribution in [2.24, 2.45) is 5.92 Å². The summed E-state index contributed by atoms with van der Waals surface area (Å²) in [5.74, 6) is -0.0476. The molecule has 1 amide bonds. The van der Waals surface area contributed by atoms with Crippen LogP contribution in [0.3, 0.4) is 0 Å². The summed E-state index contributed by atoms with van der Waals surface area (Å²) in [6.45, 7) is 9.38. The van der Waals surface area contributed by atoms with E-state index in [0.29, 0.717) is 32.5 Å². The molecule has 1 unspecified atom stereocenters. The van der Waals surface area contributed by atoms with Gasteiger partial charge in [-0.15, -0.1) is 0 Å². The van der Waals surface area contributed by atoms with Crippen molar-refractivity contribution in [2.75, 3.05) is 56.0 Å². The molecule has 2 aliphatic heterocycles. The van der Waals surface area contributed by atoms with E-state index in [2.05, 4.69) is 46.3 Å². The Labute approximate surface area is 220 Å². The number of nitro groups is 1. The van der Waals surface area contributed by atoms with Crippen molar-refractivity contribution < 1.29 is 22.9 Å². The molecular weight excluding hydrogens is 499 g/mol. The number of hydrogen-bond acceptors (Lipinski definition) is 6. The van der Waals surface area contributed by atoms with Crippen molar-refractivity contribution in [1.82, 2.24) is 9.80 Å². The highest BCUT2D eigenvalue weighted by molar-refractivity contribution is 5.78. The van der Waals surface area contributed by atoms with Gasteiger partial charge >= 0.3 is 6.18 Å². The van der Waals surface area contributed by atoms with Crippen LogP contribution in [0, 0.1) is 23.0 Å². The van der Waals surface area contributed by atoms with Crippen molar-refractivity contribution in [3.8, 4) is 0 Å². The van der Waals surface area contributed by atoms with Crippen molar-refractivity contribution in [2.45, 2.75) is 38.9 Å². The molecular formula is C27H34F3N5O3. The number of carbonyl (C=O) groups excluding carboxylic acids is 1. The van der Waals surface area contributed by atoms with Gasteiger partial charge in [-0.1, -0.05) is 24.6 Å². The predicted octanol–water partition coefficient (Wildman–Crippen LogP) is 4.78. The lowest BCUT2D eigenvalue weighted by Crippen LogP contribution is -2.50. The number of carbonyl (C=O) groups is 1. The minimum atomic E-state index is -4.82. The van der Waals surface area contributed by atoms with E-state index in [1.165, 1.54) is 17.3 Å². The quantitative estimate of drug-likeness (QED) is 0.408. The molecule has 0 bridgehead atoms. The van der Waals surface area contributed by atoms with Gasteiger partial charge in [-0.05, 0) is 44.0 Å². The van der Waals surface area contributed by atoms with Gasteiger partial charge < -0.3 is 15.1 Å². The van der Waals surface area contributed by atoms with E-state index in [9.17, 15) is 28.1 Å². The van der Waals surface area contributed by atoms with E-state index < -0.39 is 22.4 Å². The summed E-state index contributed by atoms with van der Waals surface area (Å²) in [7, 11) is 0. The molecule has 2 aliphatic rings. The summed E-state index contributed by atoms with van der Waals surface area (Å²) in [4.78, 5) is 29.6. The maximum atomic E-state index is 13.3. The number of aryl methyl sites for hydroxylation is 1. The molecule has 2 aromatic carbocycles. The Bertz CT molecular complexity index is 1130. The highest BCUT2D eigenvalue weighted by atomic mass is 19.4. The summed E-state index contributed by atoms with van der Waals surface area (Å²) in [6, 6.07) is 11.4. The van der Waals surface area contributed by atoms with Crippen LogP contribution in [0.2, 0.25) is 0 Å². The fraction of sp³-hybridized carbons (Fsp3) is 0.519. The lowest BCUT2D eigenvalue weighted by atomic mass is 10.0. The first-order chi connectivity index (χ1) is 18.0. The Morgan fingerprint density at radius 2 is 1.68 bits per heavy atom. The minimum absolute atomic E-state index is 0.0964. The molecule has 0 aromatic heterocycles. The lowest BCUT2D eigenvalue weighted by Gasteiger charge is -2.38. The second kappa shape index (κ2) is 11.6. The normalized spacial score (nSPS) is 18.3. The molecule has 4 rings (SSSR count). The van der Waals surface area contributed by atoms with Gasteiger partial charge in [0.1, 0.15) is 5.56 Å². The molecule has 1 atom stereocenters. The molecule has 2 aromatic rings. The molecule has 206 valence electrons. The van der Waals surface area contributed by atoms with Gasteiger partial charge in [-0.2, -0.15) is 13.2 Å². The predicted molar refractivity (Wildman–Crippen MR) is 140 cm³/mol. The highest BCUT2D eigenvalue weighted by Crippen LogP contribution is 2.38. The third-order valence-electron chi connectivity index (χ3n) is 7.40. The average molecular weight is 534 g/mol. The Kier molecular flexibility index (Phi) is 8.44. The van der Waals surface area contributed by atoms with Gasteiger partial charge in [0.15, 0.2) is 0 Å². The summed E-state index contributed by atoms with van der Waals surface area (Å²) in [5.41, 5.74) is 0.411. The van der Waals surface area contributed by atoms with Crippen LogP contribution in [0.25, 0.3) is 0 Å². The summed E-state index contributed by atoms with van der Waals surface area (Å²) in [5, 5.41) is 14.0. The smallest absolute Gasteiger partial charge is 0.382 e. The van der Waals surface area contributed by atoms with Gasteiger partial charge in [0, 0.05) is 75.2 Å². The van der Waals surface area contributed by atoms with Gasteiger partial charge in [0.05, 0.1) is 4.92 Å². The molecule has 0 saturated carbocycles. The average Bonchev–Trinajstić information content (AvgIpc) is 2.89. The second-order valence-corrected chi connectivity index (χ2v) is 10.3. The first-order valence-corrected chi connectivity index (χ1v) is 13.0. The molecule has 2 heterocycles. The first kappa shape index (κ1) is 27.7. The molecule has 2 fully saturated rings. The van der Waals surface area contributed by atoms with Crippen LogP contribution < -0.4 is 10.2 Å². The Morgan fingerprint density at radius 3 is 2.26 bits per heavy atom. The van der Waals surface area contributed by atoms with E-state index in [1.807, 2.05) is 11.8 Å². The lowest BCUT2D eigenvalue weighted by molar-refractivity contribution is -0.388. The number of rotatable bonds is 7. The third kappa shape index (κ3) is 6.75. The monoisotopic (exact) mass is 533 g/mol. The Balaban J connectivity index is 1.24. The topological polar surface area (TPSA) is 82.0 Å². The van der Waals surface area contributed by atoms with Gasteiger partial charge in [-0.3, -0.25) is 19.8 Å². The van der Waals surface area contributed by atoms with Crippen LogP contribution in [0.4, 0.5) is 30.2 Å². The number of likely N-dealkylation sites (tertiary alicyclic amines) is 1. The van der Waals surface area contributed by atoms with Crippen LogP contribution in [-0.2, 0) is 11.0 Å². The number of halogens is 3. The van der Waals surface area contributed by atoms with Gasteiger partial charge in [0.2, 0.25) is 5.91 Å². The number of nitro benzene ring substituents is 1. The summed E-state index contributed by atoms with van der Waals surface area (Å²) in [6.07, 6.45) is -3.64. The zero-order valence-electron chi connectivity index (χ0n) is 21.7. The number of piperidine rings is 1. The van der Waals surface area contributed by atoms with Crippen LogP contribution in [0.15, 0.2) is 42.5 Å². The van der Waals surface area contributed by atoms with Crippen molar-refractivity contribution >= 4 is 23.0 Å². The molecule has 0 aliphatic carbocycles. The number of hydrogen-bond donors (Lipinski definition) is 1. The van der Waals surface area contributed by atoms with Crippen molar-refractivity contribution in [3.63, 3.8) is 0 Å². The number of amides is 1. The van der Waals surface area contributed by atoms with E-state index >= 15 is 0 Å². The largest absolute Gasteiger partial charge is 0.423 e. The summed E-state index contributed by atoms with van der Waals surface area (Å²) >= 11 is 0. The third-order valence-corrected chi connectivity index (χ3v) is 7.40. The Hall–Kier alpha value is -3.34. The number of alkyl halides is 3. The first-order valence-electron chi connectivity index (χ1n) is 13.0. The number of benzene rings is 2. The van der Waals surface area contributed by atoms with Crippen molar-refractivity contribution in [3.05, 3.63) is 63.7 Å². The number of piperazine rings is 1. The van der Waals surface area contributed by atoms with E-state index in [-0.39, 0.29) is 23.6 Å². The van der Waals surface area contributed by atoms with Crippen LogP contribution in [-0.4, -0.2) is 72.5 Å². The standard InChI is InChI=1S/C27H34F3N5O3/c1-19-3-6-23(7-4-19)33-15-13-32(14-16-33)18-20(2)26(36)34-11-9-21(10-12-34)31-22-5-8-25(35(37)38)24(17-22)27(28,29)30/h3-8,17,20-21,31H,9-16,18H2,1-2H3. The molecule has 0 radical (unpaired) electrons. The molecule has 0 spiro atoms. The number of nitrogens with zero attached hydrogens (tertiary/aromatic N) is 4. The SMILES string of the molecule is Cc1ccc(N2CCN(CC(C)C(=O)N3CCC(Nc4ccc([N+](=O)[O-])c(C(F)(F)F)c4)CC3)CC2)cc1. The fourth-order valence-corrected chi connectivity index (χ4v) is 5.21. The Morgan fingerprint density at radius 1 is 1.05 bits per heavy atom. The van der Waals surface area contributed by atoms with Crippen LogP contribution >= 0.6 is 0 Å². The molecule has 2 saturated heterocycles. The maximum Gasteiger partial charge on any atom is 0.423 e. The van der Waals surface area contributed by atoms with E-state index in [1.54, 1.807) is 0 Å². The molecule has 1 N–H and O–H groups in total. The zero-order chi connectivity index (χ0) is 27.4. The minimum Gasteiger partial charge on any atom is -0.382 e. The maximum absolute atomic E-state index is 13.3. The highest BCUT2D eigenvalue weighted by Gasteiger charge is 2.38. The van der Waals surface area contributed by atoms with E-state index in [4.69, 9.17) is 0 Å².